The highest BCUT2D eigenvalue weighted by Gasteiger charge is 2.09. The molecule has 0 fully saturated rings. The van der Waals surface area contributed by atoms with E-state index in [4.69, 9.17) is 0 Å². The lowest BCUT2D eigenvalue weighted by molar-refractivity contribution is -0.104. The van der Waals surface area contributed by atoms with Crippen molar-refractivity contribution in [2.45, 2.75) is 18.6 Å². The summed E-state index contributed by atoms with van der Waals surface area (Å²) in [4.78, 5) is 9.87. The van der Waals surface area contributed by atoms with E-state index >= 15 is 0 Å². The first-order chi connectivity index (χ1) is 4.12. The van der Waals surface area contributed by atoms with Crippen molar-refractivity contribution in [3.63, 3.8) is 0 Å². The molecule has 0 unspecified atom stereocenters. The van der Waals surface area contributed by atoms with Crippen molar-refractivity contribution in [3.05, 3.63) is 12.2 Å². The van der Waals surface area contributed by atoms with Crippen molar-refractivity contribution in [3.8, 4) is 0 Å². The molecule has 0 aliphatic carbocycles. The third-order valence-electron chi connectivity index (χ3n) is 1.10. The molecule has 0 saturated heterocycles. The van der Waals surface area contributed by atoms with E-state index < -0.39 is 0 Å². The van der Waals surface area contributed by atoms with Crippen LogP contribution in [0.3, 0.4) is 0 Å². The van der Waals surface area contributed by atoms with Gasteiger partial charge in [0, 0.05) is 4.75 Å². The molecule has 1 nitrogen and oxygen atoms in total. The summed E-state index contributed by atoms with van der Waals surface area (Å²) in [5.74, 6) is 0. The number of thioether (sulfide) groups is 1. The minimum Gasteiger partial charge on any atom is -0.299 e. The summed E-state index contributed by atoms with van der Waals surface area (Å²) in [6.07, 6.45) is 6.26. The van der Waals surface area contributed by atoms with Crippen molar-refractivity contribution in [2.24, 2.45) is 0 Å². The lowest BCUT2D eigenvalue weighted by Gasteiger charge is -2.14. The molecule has 0 aromatic rings. The molecular formula is C7H12OS. The first-order valence-corrected chi connectivity index (χ1v) is 4.03. The molecule has 2 heteroatoms. The van der Waals surface area contributed by atoms with E-state index in [1.807, 2.05) is 12.3 Å². The van der Waals surface area contributed by atoms with Crippen molar-refractivity contribution in [1.82, 2.24) is 0 Å². The molecule has 0 spiro atoms. The zero-order valence-corrected chi connectivity index (χ0v) is 6.87. The molecule has 0 aliphatic rings. The van der Waals surface area contributed by atoms with Crippen LogP contribution in [0.2, 0.25) is 0 Å². The van der Waals surface area contributed by atoms with Crippen LogP contribution >= 0.6 is 11.8 Å². The van der Waals surface area contributed by atoms with Crippen LogP contribution in [0.25, 0.3) is 0 Å². The fourth-order valence-corrected chi connectivity index (χ4v) is 0.554. The number of rotatable bonds is 3. The van der Waals surface area contributed by atoms with Gasteiger partial charge in [0.05, 0.1) is 0 Å². The quantitative estimate of drug-likeness (QED) is 0.444. The average Bonchev–Trinajstić information content (AvgIpc) is 1.84. The van der Waals surface area contributed by atoms with Crippen molar-refractivity contribution in [2.75, 3.05) is 6.26 Å². The van der Waals surface area contributed by atoms with Gasteiger partial charge in [-0.25, -0.2) is 0 Å². The van der Waals surface area contributed by atoms with Gasteiger partial charge in [-0.2, -0.15) is 11.8 Å². The first kappa shape index (κ1) is 8.76. The Morgan fingerprint density at radius 1 is 1.44 bits per heavy atom. The molecule has 0 heterocycles. The molecular weight excluding hydrogens is 132 g/mol. The molecule has 0 bridgehead atoms. The van der Waals surface area contributed by atoms with Crippen LogP contribution in [-0.2, 0) is 4.79 Å². The second-order valence-corrected chi connectivity index (χ2v) is 3.76. The van der Waals surface area contributed by atoms with Gasteiger partial charge in [-0.1, -0.05) is 6.08 Å². The van der Waals surface area contributed by atoms with E-state index in [-0.39, 0.29) is 4.75 Å². The van der Waals surface area contributed by atoms with Gasteiger partial charge in [0.15, 0.2) is 0 Å². The molecule has 9 heavy (non-hydrogen) atoms. The number of hydrogen-bond acceptors (Lipinski definition) is 2. The summed E-state index contributed by atoms with van der Waals surface area (Å²) in [7, 11) is 0. The Bertz CT molecular complexity index is 116. The fraction of sp³-hybridized carbons (Fsp3) is 0.571. The minimum absolute atomic E-state index is 0.0981. The summed E-state index contributed by atoms with van der Waals surface area (Å²) >= 11 is 1.72. The predicted octanol–water partition coefficient (Wildman–Crippen LogP) is 1.88. The molecule has 0 amide bonds. The topological polar surface area (TPSA) is 17.1 Å². The van der Waals surface area contributed by atoms with Crippen LogP contribution in [0.5, 0.6) is 0 Å². The Morgan fingerprint density at radius 3 is 2.33 bits per heavy atom. The van der Waals surface area contributed by atoms with E-state index in [2.05, 4.69) is 13.8 Å². The smallest absolute Gasteiger partial charge is 0.142 e. The van der Waals surface area contributed by atoms with E-state index in [0.29, 0.717) is 0 Å². The molecule has 0 rings (SSSR count). The van der Waals surface area contributed by atoms with Gasteiger partial charge < -0.3 is 0 Å². The SMILES string of the molecule is CSC(C)(C)/C=C/C=O. The lowest BCUT2D eigenvalue weighted by Crippen LogP contribution is -2.08. The van der Waals surface area contributed by atoms with Gasteiger partial charge in [0.1, 0.15) is 6.29 Å². The predicted molar refractivity (Wildman–Crippen MR) is 42.8 cm³/mol. The molecule has 52 valence electrons. The average molecular weight is 144 g/mol. The Morgan fingerprint density at radius 2 is 2.00 bits per heavy atom. The van der Waals surface area contributed by atoms with Crippen LogP contribution in [0.4, 0.5) is 0 Å². The van der Waals surface area contributed by atoms with E-state index in [9.17, 15) is 4.79 Å². The summed E-state index contributed by atoms with van der Waals surface area (Å²) in [6, 6.07) is 0. The van der Waals surface area contributed by atoms with Crippen LogP contribution in [0.1, 0.15) is 13.8 Å². The van der Waals surface area contributed by atoms with Crippen LogP contribution < -0.4 is 0 Å². The van der Waals surface area contributed by atoms with E-state index in [1.54, 1.807) is 11.8 Å². The number of carbonyl (C=O) groups excluding carboxylic acids is 1. The zero-order valence-electron chi connectivity index (χ0n) is 6.05. The van der Waals surface area contributed by atoms with Gasteiger partial charge in [-0.3, -0.25) is 4.79 Å². The number of aldehydes is 1. The van der Waals surface area contributed by atoms with Crippen molar-refractivity contribution >= 4 is 18.0 Å². The largest absolute Gasteiger partial charge is 0.299 e. The van der Waals surface area contributed by atoms with E-state index in [1.165, 1.54) is 6.08 Å². The normalized spacial score (nSPS) is 12.3. The van der Waals surface area contributed by atoms with Gasteiger partial charge >= 0.3 is 0 Å². The summed E-state index contributed by atoms with van der Waals surface area (Å²) < 4.78 is 0.0981. The molecule has 0 atom stereocenters. The number of carbonyl (C=O) groups is 1. The standard InChI is InChI=1S/C7H12OS/c1-7(2,9-3)5-4-6-8/h4-6H,1-3H3/b5-4+. The molecule has 0 saturated carbocycles. The highest BCUT2D eigenvalue weighted by molar-refractivity contribution is 8.00. The van der Waals surface area contributed by atoms with Gasteiger partial charge in [-0.15, -0.1) is 0 Å². The number of hydrogen-bond donors (Lipinski definition) is 0. The second-order valence-electron chi connectivity index (χ2n) is 2.30. The molecule has 0 aromatic heterocycles. The maximum Gasteiger partial charge on any atom is 0.142 e. The Labute approximate surface area is 60.5 Å². The van der Waals surface area contributed by atoms with Gasteiger partial charge in [-0.05, 0) is 26.2 Å². The van der Waals surface area contributed by atoms with Crippen LogP contribution in [-0.4, -0.2) is 17.3 Å². The Balaban J connectivity index is 3.84. The summed E-state index contributed by atoms with van der Waals surface area (Å²) in [5.41, 5.74) is 0. The highest BCUT2D eigenvalue weighted by Crippen LogP contribution is 2.21. The maximum atomic E-state index is 9.87. The molecule has 0 radical (unpaired) electrons. The Kier molecular flexibility index (Phi) is 3.62. The van der Waals surface area contributed by atoms with Crippen molar-refractivity contribution < 1.29 is 4.79 Å². The maximum absolute atomic E-state index is 9.87. The Hall–Kier alpha value is -0.240. The minimum atomic E-state index is 0.0981. The second kappa shape index (κ2) is 3.72. The van der Waals surface area contributed by atoms with Crippen LogP contribution in [0.15, 0.2) is 12.2 Å². The number of allylic oxidation sites excluding steroid dienone is 1. The third kappa shape index (κ3) is 4.28. The van der Waals surface area contributed by atoms with Gasteiger partial charge in [0.2, 0.25) is 0 Å². The lowest BCUT2D eigenvalue weighted by atomic mass is 10.2. The van der Waals surface area contributed by atoms with Crippen LogP contribution in [0, 0.1) is 0 Å². The van der Waals surface area contributed by atoms with Gasteiger partial charge in [0.25, 0.3) is 0 Å². The molecule has 0 N–H and O–H groups in total. The highest BCUT2D eigenvalue weighted by atomic mass is 32.2. The summed E-state index contributed by atoms with van der Waals surface area (Å²) in [6.45, 7) is 4.13. The zero-order chi connectivity index (χ0) is 7.33. The fourth-order valence-electron chi connectivity index (χ4n) is 0.339. The third-order valence-corrected chi connectivity index (χ3v) is 2.29. The molecule has 0 aliphatic heterocycles. The van der Waals surface area contributed by atoms with Crippen molar-refractivity contribution in [1.29, 1.82) is 0 Å². The first-order valence-electron chi connectivity index (χ1n) is 2.80. The monoisotopic (exact) mass is 144 g/mol. The summed E-state index contributed by atoms with van der Waals surface area (Å²) in [5, 5.41) is 0. The molecule has 0 aromatic carbocycles. The van der Waals surface area contributed by atoms with E-state index in [0.717, 1.165) is 6.29 Å².